The molecule has 1 aromatic heterocycles. The number of anilines is 1. The summed E-state index contributed by atoms with van der Waals surface area (Å²) < 4.78 is 2.03. The van der Waals surface area contributed by atoms with Gasteiger partial charge in [-0.2, -0.15) is 5.10 Å². The van der Waals surface area contributed by atoms with Gasteiger partial charge in [-0.05, 0) is 32.0 Å². The molecule has 3 nitrogen and oxygen atoms in total. The average molecular weight is 215 g/mol. The Balaban J connectivity index is 2.04. The van der Waals surface area contributed by atoms with Gasteiger partial charge in [-0.25, -0.2) is 0 Å². The Morgan fingerprint density at radius 3 is 2.69 bits per heavy atom. The third-order valence-corrected chi connectivity index (χ3v) is 2.53. The van der Waals surface area contributed by atoms with Crippen LogP contribution in [0.15, 0.2) is 36.4 Å². The zero-order chi connectivity index (χ0) is 11.4. The van der Waals surface area contributed by atoms with Gasteiger partial charge in [0.05, 0.1) is 17.9 Å². The normalized spacial score (nSPS) is 10.4. The maximum Gasteiger partial charge on any atom is 0.0597 e. The molecule has 0 spiro atoms. The van der Waals surface area contributed by atoms with Gasteiger partial charge in [-0.15, -0.1) is 0 Å². The Morgan fingerprint density at radius 1 is 1.25 bits per heavy atom. The standard InChI is InChI=1S/C13H17N3/c1-3-16-13(9-11(2)15-16)10-14-12-7-5-4-6-8-12/h4-9,14H,3,10H2,1-2H3. The van der Waals surface area contributed by atoms with Gasteiger partial charge in [-0.3, -0.25) is 4.68 Å². The van der Waals surface area contributed by atoms with E-state index in [9.17, 15) is 0 Å². The highest BCUT2D eigenvalue weighted by molar-refractivity contribution is 5.42. The molecule has 0 aliphatic rings. The second-order valence-corrected chi connectivity index (χ2v) is 3.81. The van der Waals surface area contributed by atoms with E-state index in [2.05, 4.69) is 35.5 Å². The lowest BCUT2D eigenvalue weighted by Gasteiger charge is -2.07. The predicted molar refractivity (Wildman–Crippen MR) is 66.4 cm³/mol. The van der Waals surface area contributed by atoms with Crippen molar-refractivity contribution in [2.45, 2.75) is 26.9 Å². The molecule has 0 atom stereocenters. The highest BCUT2D eigenvalue weighted by atomic mass is 15.3. The van der Waals surface area contributed by atoms with Crippen LogP contribution in [0.4, 0.5) is 5.69 Å². The lowest BCUT2D eigenvalue weighted by atomic mass is 10.3. The number of rotatable bonds is 4. The van der Waals surface area contributed by atoms with Crippen LogP contribution in [-0.4, -0.2) is 9.78 Å². The molecule has 0 amide bonds. The molecule has 0 aliphatic carbocycles. The van der Waals surface area contributed by atoms with Crippen molar-refractivity contribution in [2.24, 2.45) is 0 Å². The fourth-order valence-electron chi connectivity index (χ4n) is 1.76. The van der Waals surface area contributed by atoms with Crippen molar-refractivity contribution in [2.75, 3.05) is 5.32 Å². The van der Waals surface area contributed by atoms with Crippen LogP contribution in [0, 0.1) is 6.92 Å². The molecule has 0 saturated carbocycles. The highest BCUT2D eigenvalue weighted by Gasteiger charge is 2.02. The molecule has 84 valence electrons. The zero-order valence-electron chi connectivity index (χ0n) is 9.77. The number of aromatic nitrogens is 2. The summed E-state index contributed by atoms with van der Waals surface area (Å²) in [5, 5.41) is 7.81. The van der Waals surface area contributed by atoms with Crippen molar-refractivity contribution < 1.29 is 0 Å². The summed E-state index contributed by atoms with van der Waals surface area (Å²) in [7, 11) is 0. The number of hydrogen-bond donors (Lipinski definition) is 1. The summed E-state index contributed by atoms with van der Waals surface area (Å²) in [6, 6.07) is 12.3. The van der Waals surface area contributed by atoms with Crippen LogP contribution in [0.5, 0.6) is 0 Å². The summed E-state index contributed by atoms with van der Waals surface area (Å²) >= 11 is 0. The molecule has 2 rings (SSSR count). The molecule has 1 heterocycles. The number of aryl methyl sites for hydroxylation is 2. The van der Waals surface area contributed by atoms with Crippen LogP contribution >= 0.6 is 0 Å². The average Bonchev–Trinajstić information content (AvgIpc) is 2.68. The molecule has 1 aromatic carbocycles. The Morgan fingerprint density at radius 2 is 2.00 bits per heavy atom. The SMILES string of the molecule is CCn1nc(C)cc1CNc1ccccc1. The van der Waals surface area contributed by atoms with Crippen LogP contribution in [0.2, 0.25) is 0 Å². The Labute approximate surface area is 96.1 Å². The number of benzene rings is 1. The largest absolute Gasteiger partial charge is 0.379 e. The van der Waals surface area contributed by atoms with Crippen LogP contribution in [0.25, 0.3) is 0 Å². The molecule has 0 aliphatic heterocycles. The van der Waals surface area contributed by atoms with E-state index in [1.807, 2.05) is 29.8 Å². The van der Waals surface area contributed by atoms with Gasteiger partial charge < -0.3 is 5.32 Å². The fourth-order valence-corrected chi connectivity index (χ4v) is 1.76. The summed E-state index contributed by atoms with van der Waals surface area (Å²) in [6.07, 6.45) is 0. The molecule has 3 heteroatoms. The van der Waals surface area contributed by atoms with Gasteiger partial charge >= 0.3 is 0 Å². The Bertz CT molecular complexity index is 445. The van der Waals surface area contributed by atoms with Crippen molar-refractivity contribution in [1.29, 1.82) is 0 Å². The Hall–Kier alpha value is -1.77. The third kappa shape index (κ3) is 2.42. The van der Waals surface area contributed by atoms with E-state index in [0.717, 1.165) is 24.5 Å². The first-order valence-corrected chi connectivity index (χ1v) is 5.62. The van der Waals surface area contributed by atoms with Crippen LogP contribution in [-0.2, 0) is 13.1 Å². The molecular formula is C13H17N3. The number of nitrogens with one attached hydrogen (secondary N) is 1. The van der Waals surface area contributed by atoms with E-state index in [-0.39, 0.29) is 0 Å². The fraction of sp³-hybridized carbons (Fsp3) is 0.308. The molecular weight excluding hydrogens is 198 g/mol. The van der Waals surface area contributed by atoms with Gasteiger partial charge in [0.15, 0.2) is 0 Å². The second kappa shape index (κ2) is 4.84. The number of para-hydroxylation sites is 1. The second-order valence-electron chi connectivity index (χ2n) is 3.81. The molecule has 0 saturated heterocycles. The summed E-state index contributed by atoms with van der Waals surface area (Å²) in [6.45, 7) is 5.87. The quantitative estimate of drug-likeness (QED) is 0.850. The van der Waals surface area contributed by atoms with Crippen molar-refractivity contribution in [1.82, 2.24) is 9.78 Å². The highest BCUT2D eigenvalue weighted by Crippen LogP contribution is 2.09. The minimum atomic E-state index is 0.818. The van der Waals surface area contributed by atoms with E-state index < -0.39 is 0 Å². The number of hydrogen-bond acceptors (Lipinski definition) is 2. The molecule has 0 bridgehead atoms. The van der Waals surface area contributed by atoms with Crippen molar-refractivity contribution in [3.05, 3.63) is 47.8 Å². The summed E-state index contributed by atoms with van der Waals surface area (Å²) in [5.74, 6) is 0. The molecule has 0 fully saturated rings. The van der Waals surface area contributed by atoms with Gasteiger partial charge in [0.25, 0.3) is 0 Å². The smallest absolute Gasteiger partial charge is 0.0597 e. The van der Waals surface area contributed by atoms with Gasteiger partial charge in [0, 0.05) is 12.2 Å². The maximum atomic E-state index is 4.42. The third-order valence-electron chi connectivity index (χ3n) is 2.53. The van der Waals surface area contributed by atoms with E-state index in [1.165, 1.54) is 5.69 Å². The molecule has 1 N–H and O–H groups in total. The van der Waals surface area contributed by atoms with Crippen LogP contribution in [0.1, 0.15) is 18.3 Å². The van der Waals surface area contributed by atoms with E-state index in [4.69, 9.17) is 0 Å². The Kier molecular flexibility index (Phi) is 3.25. The molecule has 2 aromatic rings. The van der Waals surface area contributed by atoms with E-state index in [0.29, 0.717) is 0 Å². The molecule has 0 radical (unpaired) electrons. The maximum absolute atomic E-state index is 4.42. The van der Waals surface area contributed by atoms with E-state index >= 15 is 0 Å². The monoisotopic (exact) mass is 215 g/mol. The van der Waals surface area contributed by atoms with Crippen LogP contribution in [0.3, 0.4) is 0 Å². The topological polar surface area (TPSA) is 29.9 Å². The predicted octanol–water partition coefficient (Wildman–Crippen LogP) is 2.82. The lowest BCUT2D eigenvalue weighted by molar-refractivity contribution is 0.623. The van der Waals surface area contributed by atoms with Crippen LogP contribution < -0.4 is 5.32 Å². The lowest BCUT2D eigenvalue weighted by Crippen LogP contribution is -2.07. The minimum absolute atomic E-state index is 0.818. The first-order chi connectivity index (χ1) is 7.79. The molecule has 16 heavy (non-hydrogen) atoms. The minimum Gasteiger partial charge on any atom is -0.379 e. The summed E-state index contributed by atoms with van der Waals surface area (Å²) in [5.41, 5.74) is 3.44. The van der Waals surface area contributed by atoms with Gasteiger partial charge in [0.2, 0.25) is 0 Å². The van der Waals surface area contributed by atoms with Crippen molar-refractivity contribution >= 4 is 5.69 Å². The van der Waals surface area contributed by atoms with Crippen molar-refractivity contribution in [3.63, 3.8) is 0 Å². The van der Waals surface area contributed by atoms with Crippen molar-refractivity contribution in [3.8, 4) is 0 Å². The van der Waals surface area contributed by atoms with Gasteiger partial charge in [0.1, 0.15) is 0 Å². The molecule has 0 unspecified atom stereocenters. The zero-order valence-corrected chi connectivity index (χ0v) is 9.77. The summed E-state index contributed by atoms with van der Waals surface area (Å²) in [4.78, 5) is 0. The van der Waals surface area contributed by atoms with Gasteiger partial charge in [-0.1, -0.05) is 18.2 Å². The number of nitrogens with zero attached hydrogens (tertiary/aromatic N) is 2. The first-order valence-electron chi connectivity index (χ1n) is 5.62. The van der Waals surface area contributed by atoms with E-state index in [1.54, 1.807) is 0 Å². The first kappa shape index (κ1) is 10.7.